The zero-order valence-corrected chi connectivity index (χ0v) is 13.3. The van der Waals surface area contributed by atoms with Crippen LogP contribution < -0.4 is 14.8 Å². The highest BCUT2D eigenvalue weighted by atomic mass is 35.5. The summed E-state index contributed by atoms with van der Waals surface area (Å²) in [6, 6.07) is 4.43. The summed E-state index contributed by atoms with van der Waals surface area (Å²) >= 11 is 6.17. The minimum Gasteiger partial charge on any atom is -0.493 e. The summed E-state index contributed by atoms with van der Waals surface area (Å²) in [5.41, 5.74) is 1.07. The van der Waals surface area contributed by atoms with Crippen molar-refractivity contribution in [3.05, 3.63) is 22.7 Å². The van der Waals surface area contributed by atoms with E-state index in [0.29, 0.717) is 16.8 Å². The molecule has 1 N–H and O–H groups in total. The summed E-state index contributed by atoms with van der Waals surface area (Å²) < 4.78 is 11.5. The number of benzene rings is 1. The third-order valence-electron chi connectivity index (χ3n) is 3.49. The summed E-state index contributed by atoms with van der Waals surface area (Å²) in [6.07, 6.45) is 4.84. The van der Waals surface area contributed by atoms with Crippen LogP contribution in [0, 0.1) is 0 Å². The number of nitrogens with one attached hydrogen (secondary N) is 1. The van der Waals surface area contributed by atoms with E-state index >= 15 is 0 Å². The fourth-order valence-electron chi connectivity index (χ4n) is 2.25. The molecule has 1 aliphatic carbocycles. The minimum absolute atomic E-state index is 0.176. The van der Waals surface area contributed by atoms with Gasteiger partial charge in [0.05, 0.1) is 13.2 Å². The number of rotatable bonds is 8. The molecule has 4 heteroatoms. The maximum atomic E-state index is 6.17. The number of methoxy groups -OCH3 is 1. The predicted octanol–water partition coefficient (Wildman–Crippen LogP) is 4.17. The molecule has 1 aliphatic rings. The van der Waals surface area contributed by atoms with E-state index in [1.165, 1.54) is 12.8 Å². The number of hydrogen-bond acceptors (Lipinski definition) is 3. The van der Waals surface area contributed by atoms with Gasteiger partial charge >= 0.3 is 0 Å². The second-order valence-electron chi connectivity index (χ2n) is 5.47. The molecular formula is C16H24ClNO2. The van der Waals surface area contributed by atoms with Crippen molar-refractivity contribution in [2.45, 2.75) is 58.2 Å². The van der Waals surface area contributed by atoms with Crippen molar-refractivity contribution < 1.29 is 9.47 Å². The second kappa shape index (κ2) is 7.19. The molecule has 0 amide bonds. The van der Waals surface area contributed by atoms with Gasteiger partial charge in [-0.25, -0.2) is 0 Å². The van der Waals surface area contributed by atoms with Crippen LogP contribution in [0.2, 0.25) is 5.02 Å². The fraction of sp³-hybridized carbons (Fsp3) is 0.625. The lowest BCUT2D eigenvalue weighted by Gasteiger charge is -2.20. The van der Waals surface area contributed by atoms with E-state index in [4.69, 9.17) is 21.1 Å². The molecule has 1 aromatic carbocycles. The van der Waals surface area contributed by atoms with Crippen LogP contribution in [0.15, 0.2) is 12.1 Å². The summed E-state index contributed by atoms with van der Waals surface area (Å²) in [6.45, 7) is 5.03. The molecule has 0 aromatic heterocycles. The smallest absolute Gasteiger partial charge is 0.166 e. The second-order valence-corrected chi connectivity index (χ2v) is 5.91. The van der Waals surface area contributed by atoms with E-state index in [0.717, 1.165) is 30.7 Å². The predicted molar refractivity (Wildman–Crippen MR) is 82.9 cm³/mol. The molecule has 1 unspecified atom stereocenters. The summed E-state index contributed by atoms with van der Waals surface area (Å²) in [5.74, 6) is 1.54. The lowest BCUT2D eigenvalue weighted by Crippen LogP contribution is -2.18. The average Bonchev–Trinajstić information content (AvgIpc) is 3.22. The molecule has 1 saturated carbocycles. The Hall–Kier alpha value is -0.930. The van der Waals surface area contributed by atoms with Crippen molar-refractivity contribution in [1.29, 1.82) is 0 Å². The molecule has 1 aromatic rings. The fourth-order valence-corrected chi connectivity index (χ4v) is 2.48. The van der Waals surface area contributed by atoms with Crippen LogP contribution in [0.1, 0.15) is 45.1 Å². The van der Waals surface area contributed by atoms with Crippen LogP contribution in [0.4, 0.5) is 0 Å². The molecule has 0 spiro atoms. The molecule has 0 saturated heterocycles. The highest BCUT2D eigenvalue weighted by Crippen LogP contribution is 2.36. The zero-order valence-electron chi connectivity index (χ0n) is 12.5. The first-order valence-electron chi connectivity index (χ1n) is 7.40. The first-order valence-corrected chi connectivity index (χ1v) is 7.78. The van der Waals surface area contributed by atoms with E-state index in [2.05, 4.69) is 19.2 Å². The maximum Gasteiger partial charge on any atom is 0.166 e. The van der Waals surface area contributed by atoms with Crippen LogP contribution in [-0.2, 0) is 6.54 Å². The maximum absolute atomic E-state index is 6.17. The van der Waals surface area contributed by atoms with Gasteiger partial charge in [0.15, 0.2) is 11.5 Å². The van der Waals surface area contributed by atoms with Crippen molar-refractivity contribution in [3.8, 4) is 11.5 Å². The van der Waals surface area contributed by atoms with Crippen LogP contribution in [0.3, 0.4) is 0 Å². The Bertz CT molecular complexity index is 446. The third kappa shape index (κ3) is 4.29. The first-order chi connectivity index (χ1) is 9.63. The van der Waals surface area contributed by atoms with Crippen LogP contribution in [-0.4, -0.2) is 19.3 Å². The third-order valence-corrected chi connectivity index (χ3v) is 3.71. The normalized spacial score (nSPS) is 16.0. The number of halogens is 1. The largest absolute Gasteiger partial charge is 0.493 e. The molecule has 0 heterocycles. The highest BCUT2D eigenvalue weighted by Gasteiger charge is 2.22. The molecule has 1 fully saturated rings. The van der Waals surface area contributed by atoms with Crippen molar-refractivity contribution in [2.75, 3.05) is 7.11 Å². The molecule has 1 atom stereocenters. The van der Waals surface area contributed by atoms with Crippen LogP contribution in [0.5, 0.6) is 11.5 Å². The Morgan fingerprint density at radius 2 is 2.15 bits per heavy atom. The Kier molecular flexibility index (Phi) is 5.55. The molecule has 112 valence electrons. The average molecular weight is 298 g/mol. The zero-order chi connectivity index (χ0) is 14.5. The Labute approximate surface area is 126 Å². The quantitative estimate of drug-likeness (QED) is 0.781. The first kappa shape index (κ1) is 15.5. The summed E-state index contributed by atoms with van der Waals surface area (Å²) in [4.78, 5) is 0. The number of hydrogen-bond donors (Lipinski definition) is 1. The molecule has 0 bridgehead atoms. The molecule has 2 rings (SSSR count). The minimum atomic E-state index is 0.176. The van der Waals surface area contributed by atoms with Gasteiger partial charge in [-0.05, 0) is 32.3 Å². The Balaban J connectivity index is 2.18. The van der Waals surface area contributed by atoms with Gasteiger partial charge in [0.25, 0.3) is 0 Å². The monoisotopic (exact) mass is 297 g/mol. The SMILES string of the molecule is CCCC(C)Oc1c(CNC2CC2)cc(Cl)cc1OC. The van der Waals surface area contributed by atoms with Crippen molar-refractivity contribution in [3.63, 3.8) is 0 Å². The molecule has 3 nitrogen and oxygen atoms in total. The molecule has 0 aliphatic heterocycles. The van der Waals surface area contributed by atoms with E-state index in [9.17, 15) is 0 Å². The van der Waals surface area contributed by atoms with Gasteiger partial charge in [0, 0.05) is 29.2 Å². The van der Waals surface area contributed by atoms with Crippen LogP contribution in [0.25, 0.3) is 0 Å². The van der Waals surface area contributed by atoms with E-state index < -0.39 is 0 Å². The lowest BCUT2D eigenvalue weighted by molar-refractivity contribution is 0.198. The van der Waals surface area contributed by atoms with Gasteiger partial charge in [0.2, 0.25) is 0 Å². The van der Waals surface area contributed by atoms with Gasteiger partial charge in [0.1, 0.15) is 0 Å². The highest BCUT2D eigenvalue weighted by molar-refractivity contribution is 6.30. The number of ether oxygens (including phenoxy) is 2. The van der Waals surface area contributed by atoms with E-state index in [1.54, 1.807) is 7.11 Å². The lowest BCUT2D eigenvalue weighted by atomic mass is 10.1. The Morgan fingerprint density at radius 3 is 2.75 bits per heavy atom. The summed E-state index contributed by atoms with van der Waals surface area (Å²) in [7, 11) is 1.65. The van der Waals surface area contributed by atoms with Gasteiger partial charge < -0.3 is 14.8 Å². The van der Waals surface area contributed by atoms with E-state index in [1.807, 2.05) is 12.1 Å². The Morgan fingerprint density at radius 1 is 1.40 bits per heavy atom. The van der Waals surface area contributed by atoms with Crippen molar-refractivity contribution >= 4 is 11.6 Å². The molecular weight excluding hydrogens is 274 g/mol. The standard InChI is InChI=1S/C16H24ClNO2/c1-4-5-11(2)20-16-12(10-18-14-6-7-14)8-13(17)9-15(16)19-3/h8-9,11,14,18H,4-7,10H2,1-3H3. The van der Waals surface area contributed by atoms with Crippen molar-refractivity contribution in [1.82, 2.24) is 5.32 Å². The topological polar surface area (TPSA) is 30.5 Å². The van der Waals surface area contributed by atoms with E-state index in [-0.39, 0.29) is 6.10 Å². The van der Waals surface area contributed by atoms with Gasteiger partial charge in [-0.3, -0.25) is 0 Å². The van der Waals surface area contributed by atoms with Gasteiger partial charge in [-0.2, -0.15) is 0 Å². The van der Waals surface area contributed by atoms with Crippen molar-refractivity contribution in [2.24, 2.45) is 0 Å². The van der Waals surface area contributed by atoms with Gasteiger partial charge in [-0.1, -0.05) is 24.9 Å². The molecule has 0 radical (unpaired) electrons. The van der Waals surface area contributed by atoms with Gasteiger partial charge in [-0.15, -0.1) is 0 Å². The van der Waals surface area contributed by atoms with Crippen LogP contribution >= 0.6 is 11.6 Å². The molecule has 20 heavy (non-hydrogen) atoms. The summed E-state index contributed by atoms with van der Waals surface area (Å²) in [5, 5.41) is 4.19.